The number of ether oxygens (including phenoxy) is 1. The van der Waals surface area contributed by atoms with Crippen molar-refractivity contribution in [2.24, 2.45) is 11.1 Å². The van der Waals surface area contributed by atoms with Gasteiger partial charge in [0.05, 0.1) is 42.4 Å². The second kappa shape index (κ2) is 10.2. The Morgan fingerprint density at radius 3 is 2.80 bits per heavy atom. The van der Waals surface area contributed by atoms with Crippen LogP contribution in [0.3, 0.4) is 0 Å². The molecule has 1 fully saturated rings. The van der Waals surface area contributed by atoms with E-state index in [1.807, 2.05) is 30.0 Å². The van der Waals surface area contributed by atoms with Crippen LogP contribution in [-0.4, -0.2) is 57.2 Å². The fourth-order valence-electron chi connectivity index (χ4n) is 3.24. The molecule has 0 radical (unpaired) electrons. The van der Waals surface area contributed by atoms with Gasteiger partial charge in [-0.05, 0) is 38.8 Å². The number of hydrogen-bond acceptors (Lipinski definition) is 7. The first-order valence-corrected chi connectivity index (χ1v) is 9.74. The van der Waals surface area contributed by atoms with Crippen LogP contribution in [-0.2, 0) is 14.4 Å². The van der Waals surface area contributed by atoms with Crippen LogP contribution < -0.4 is 0 Å². The van der Waals surface area contributed by atoms with Gasteiger partial charge >= 0.3 is 5.97 Å². The van der Waals surface area contributed by atoms with Crippen LogP contribution in [0.1, 0.15) is 37.0 Å². The van der Waals surface area contributed by atoms with E-state index < -0.39 is 5.97 Å². The highest BCUT2D eigenvalue weighted by molar-refractivity contribution is 5.98. The van der Waals surface area contributed by atoms with Crippen LogP contribution in [0.5, 0.6) is 0 Å². The molecule has 156 valence electrons. The van der Waals surface area contributed by atoms with Gasteiger partial charge in [0.2, 0.25) is 0 Å². The Morgan fingerprint density at radius 1 is 1.27 bits per heavy atom. The molecule has 0 spiro atoms. The molecule has 9 heteroatoms. The lowest BCUT2D eigenvalue weighted by Gasteiger charge is -2.37. The first-order valence-electron chi connectivity index (χ1n) is 9.74. The summed E-state index contributed by atoms with van der Waals surface area (Å²) in [5.74, 6) is 1.44. The molecule has 1 saturated heterocycles. The number of piperidine rings is 1. The van der Waals surface area contributed by atoms with Crippen LogP contribution in [0.15, 0.2) is 41.8 Å². The standard InChI is InChI=1S/C21H23N5O4/c1-3-29-20(27)10-13-30-24-14-17-9-8-16(2)25(15-17)21(28)18-6-4-5-7-19(18)26-22-11-12-23-26/h4-7,11-12,14,16-17H,3,8-9,15H2,1-2H3/b24-14+/t16-,17+/m1/s1. The van der Waals surface area contributed by atoms with Crippen molar-refractivity contribution in [3.05, 3.63) is 42.2 Å². The zero-order valence-electron chi connectivity index (χ0n) is 16.9. The summed E-state index contributed by atoms with van der Waals surface area (Å²) in [6.45, 7) is 4.47. The van der Waals surface area contributed by atoms with Crippen molar-refractivity contribution in [1.29, 1.82) is 0 Å². The summed E-state index contributed by atoms with van der Waals surface area (Å²) in [7, 11) is 0. The highest BCUT2D eigenvalue weighted by Crippen LogP contribution is 2.24. The smallest absolute Gasteiger partial charge is 0.387 e. The summed E-state index contributed by atoms with van der Waals surface area (Å²) in [6, 6.07) is 7.35. The lowest BCUT2D eigenvalue weighted by atomic mass is 9.93. The largest absolute Gasteiger partial charge is 0.456 e. The van der Waals surface area contributed by atoms with E-state index in [0.717, 1.165) is 12.8 Å². The summed E-state index contributed by atoms with van der Waals surface area (Å²) in [4.78, 5) is 32.5. The Kier molecular flexibility index (Phi) is 7.16. The maximum absolute atomic E-state index is 13.3. The molecule has 3 rings (SSSR count). The van der Waals surface area contributed by atoms with Crippen molar-refractivity contribution in [3.8, 4) is 17.7 Å². The monoisotopic (exact) mass is 409 g/mol. The molecule has 1 aliphatic heterocycles. The van der Waals surface area contributed by atoms with Gasteiger partial charge < -0.3 is 14.5 Å². The van der Waals surface area contributed by atoms with Crippen molar-refractivity contribution >= 4 is 18.1 Å². The van der Waals surface area contributed by atoms with E-state index in [1.165, 1.54) is 4.80 Å². The number of amides is 1. The first-order chi connectivity index (χ1) is 14.6. The zero-order valence-corrected chi connectivity index (χ0v) is 16.9. The number of carbonyl (C=O) groups excluding carboxylic acids is 2. The van der Waals surface area contributed by atoms with Crippen molar-refractivity contribution in [1.82, 2.24) is 19.9 Å². The number of esters is 1. The van der Waals surface area contributed by atoms with Gasteiger partial charge in [-0.15, -0.1) is 0 Å². The average molecular weight is 409 g/mol. The van der Waals surface area contributed by atoms with E-state index in [9.17, 15) is 9.59 Å². The third-order valence-corrected chi connectivity index (χ3v) is 4.75. The van der Waals surface area contributed by atoms with E-state index in [0.29, 0.717) is 17.8 Å². The molecule has 2 aromatic rings. The summed E-state index contributed by atoms with van der Waals surface area (Å²) < 4.78 is 4.67. The lowest BCUT2D eigenvalue weighted by molar-refractivity contribution is -0.136. The molecule has 2 atom stereocenters. The number of aromatic nitrogens is 3. The van der Waals surface area contributed by atoms with Crippen molar-refractivity contribution in [2.45, 2.75) is 32.7 Å². The summed E-state index contributed by atoms with van der Waals surface area (Å²) >= 11 is 0. The second-order valence-electron chi connectivity index (χ2n) is 6.77. The van der Waals surface area contributed by atoms with Crippen molar-refractivity contribution in [3.63, 3.8) is 0 Å². The van der Waals surface area contributed by atoms with E-state index >= 15 is 0 Å². The number of rotatable bonds is 5. The van der Waals surface area contributed by atoms with Crippen LogP contribution in [0.4, 0.5) is 0 Å². The third kappa shape index (κ3) is 5.23. The molecule has 0 saturated carbocycles. The predicted molar refractivity (Wildman–Crippen MR) is 109 cm³/mol. The van der Waals surface area contributed by atoms with Crippen LogP contribution in [0.2, 0.25) is 0 Å². The number of carbonyl (C=O) groups is 2. The van der Waals surface area contributed by atoms with E-state index in [-0.39, 0.29) is 24.5 Å². The fourth-order valence-corrected chi connectivity index (χ4v) is 3.24. The average Bonchev–Trinajstić information content (AvgIpc) is 3.29. The van der Waals surface area contributed by atoms with Crippen LogP contribution in [0, 0.1) is 17.9 Å². The quantitative estimate of drug-likeness (QED) is 0.324. The minimum Gasteiger partial charge on any atom is -0.456 e. The molecule has 0 aliphatic carbocycles. The Hall–Kier alpha value is -3.67. The van der Waals surface area contributed by atoms with Crippen LogP contribution in [0.25, 0.3) is 5.69 Å². The summed E-state index contributed by atoms with van der Waals surface area (Å²) in [5.41, 5.74) is 1.17. The minimum atomic E-state index is -0.665. The normalized spacial score (nSPS) is 18.5. The molecule has 1 amide bonds. The topological polar surface area (TPSA) is 98.9 Å². The van der Waals surface area contributed by atoms with Crippen molar-refractivity contribution in [2.75, 3.05) is 13.2 Å². The van der Waals surface area contributed by atoms with Crippen LogP contribution >= 0.6 is 0 Å². The van der Waals surface area contributed by atoms with E-state index in [2.05, 4.69) is 32.1 Å². The highest BCUT2D eigenvalue weighted by Gasteiger charge is 2.30. The minimum absolute atomic E-state index is 0.0181. The maximum atomic E-state index is 13.3. The summed E-state index contributed by atoms with van der Waals surface area (Å²) in [5, 5.41) is 12.1. The summed E-state index contributed by atoms with van der Waals surface area (Å²) in [6.07, 6.45) is 8.64. The van der Waals surface area contributed by atoms with Gasteiger partial charge in [-0.2, -0.15) is 15.0 Å². The Balaban J connectivity index is 1.67. The van der Waals surface area contributed by atoms with Gasteiger partial charge in [0.25, 0.3) is 5.91 Å². The number of hydrogen-bond donors (Lipinski definition) is 0. The zero-order chi connectivity index (χ0) is 21.3. The fraction of sp³-hybridized carbons (Fsp3) is 0.381. The first kappa shape index (κ1) is 21.0. The lowest BCUT2D eigenvalue weighted by Crippen LogP contribution is -2.46. The molecule has 9 nitrogen and oxygen atoms in total. The number of oxime groups is 1. The number of benzene rings is 1. The molecule has 30 heavy (non-hydrogen) atoms. The SMILES string of the molecule is CCOC(=O)C#CO/N=C/[C@@H]1CC[C@@H](C)N(C(=O)c2ccccc2-n2nccn2)C1. The molecule has 0 N–H and O–H groups in total. The molecule has 2 heterocycles. The van der Waals surface area contributed by atoms with Gasteiger partial charge in [-0.1, -0.05) is 17.3 Å². The van der Waals surface area contributed by atoms with Gasteiger partial charge in [-0.3, -0.25) is 4.79 Å². The van der Waals surface area contributed by atoms with Gasteiger partial charge in [0.15, 0.2) is 6.11 Å². The van der Waals surface area contributed by atoms with Gasteiger partial charge in [0.1, 0.15) is 0 Å². The Labute approximate surface area is 174 Å². The second-order valence-corrected chi connectivity index (χ2v) is 6.77. The van der Waals surface area contributed by atoms with Gasteiger partial charge in [-0.25, -0.2) is 4.79 Å². The van der Waals surface area contributed by atoms with E-state index in [4.69, 9.17) is 4.84 Å². The number of likely N-dealkylation sites (tertiary alicyclic amines) is 1. The molecule has 1 aliphatic rings. The maximum Gasteiger partial charge on any atom is 0.387 e. The predicted octanol–water partition coefficient (Wildman–Crippen LogP) is 2.03. The molecular weight excluding hydrogens is 386 g/mol. The van der Waals surface area contributed by atoms with E-state index in [1.54, 1.807) is 31.6 Å². The van der Waals surface area contributed by atoms with Gasteiger partial charge in [0, 0.05) is 18.5 Å². The van der Waals surface area contributed by atoms with Crippen molar-refractivity contribution < 1.29 is 19.2 Å². The molecule has 0 unspecified atom stereocenters. The Morgan fingerprint density at radius 2 is 2.03 bits per heavy atom. The molecule has 0 bridgehead atoms. The Bertz CT molecular complexity index is 961. The molecule has 1 aromatic heterocycles. The third-order valence-electron chi connectivity index (χ3n) is 4.75. The highest BCUT2D eigenvalue weighted by atomic mass is 16.6. The number of para-hydroxylation sites is 1. The number of nitrogens with zero attached hydrogens (tertiary/aromatic N) is 5. The molecule has 1 aromatic carbocycles. The molecular formula is C21H23N5O4.